The number of anilines is 1. The summed E-state index contributed by atoms with van der Waals surface area (Å²) in [5.74, 6) is 0.585. The Hall–Kier alpha value is -1.30. The Labute approximate surface area is 58.2 Å². The predicted molar refractivity (Wildman–Crippen MR) is 36.4 cm³/mol. The van der Waals surface area contributed by atoms with Crippen molar-refractivity contribution < 1.29 is 9.68 Å². The van der Waals surface area contributed by atoms with Crippen molar-refractivity contribution in [3.8, 4) is 5.75 Å². The average Bonchev–Trinajstić information content (AvgIpc) is 1.95. The van der Waals surface area contributed by atoms with Crippen molar-refractivity contribution in [1.82, 2.24) is 9.97 Å². The molecule has 0 aliphatic heterocycles. The van der Waals surface area contributed by atoms with E-state index < -0.39 is 0 Å². The molecule has 0 aromatic carbocycles. The van der Waals surface area contributed by atoms with Crippen molar-refractivity contribution in [3.63, 3.8) is 0 Å². The molecule has 0 amide bonds. The van der Waals surface area contributed by atoms with Crippen molar-refractivity contribution in [2.45, 2.75) is 0 Å². The first kappa shape index (κ1) is 6.82. The van der Waals surface area contributed by atoms with Crippen LogP contribution in [0.5, 0.6) is 5.75 Å². The molecule has 1 rings (SSSR count). The Balaban J connectivity index is 2.69. The molecule has 0 saturated heterocycles. The third kappa shape index (κ3) is 1.59. The molecule has 0 bridgehead atoms. The topological polar surface area (TPSA) is 81.3 Å². The number of nitrogens with zero attached hydrogens (tertiary/aromatic N) is 2. The van der Waals surface area contributed by atoms with Crippen molar-refractivity contribution in [2.75, 3.05) is 5.73 Å². The SMILES string of the molecule is Nc1ncc(OBO)cn1. The molecule has 0 aliphatic rings. The van der Waals surface area contributed by atoms with E-state index in [1.54, 1.807) is 0 Å². The van der Waals surface area contributed by atoms with Crippen LogP contribution >= 0.6 is 0 Å². The zero-order valence-electron chi connectivity index (χ0n) is 5.19. The van der Waals surface area contributed by atoms with Gasteiger partial charge in [0, 0.05) is 0 Å². The quantitative estimate of drug-likeness (QED) is 0.497. The summed E-state index contributed by atoms with van der Waals surface area (Å²) >= 11 is 0. The number of rotatable bonds is 2. The lowest BCUT2D eigenvalue weighted by molar-refractivity contribution is 0.451. The van der Waals surface area contributed by atoms with Gasteiger partial charge < -0.3 is 15.4 Å². The molecule has 0 saturated carbocycles. The number of hydrogen-bond acceptors (Lipinski definition) is 5. The summed E-state index contributed by atoms with van der Waals surface area (Å²) in [5, 5.41) is 8.28. The fourth-order valence-corrected chi connectivity index (χ4v) is 0.475. The van der Waals surface area contributed by atoms with Crippen LogP contribution in [0.1, 0.15) is 0 Å². The van der Waals surface area contributed by atoms with E-state index in [1.807, 2.05) is 0 Å². The maximum atomic E-state index is 8.28. The van der Waals surface area contributed by atoms with E-state index >= 15 is 0 Å². The Morgan fingerprint density at radius 2 is 2.10 bits per heavy atom. The van der Waals surface area contributed by atoms with E-state index in [0.717, 1.165) is 0 Å². The van der Waals surface area contributed by atoms with E-state index in [1.165, 1.54) is 12.4 Å². The van der Waals surface area contributed by atoms with Crippen LogP contribution in [-0.2, 0) is 0 Å². The van der Waals surface area contributed by atoms with E-state index in [4.69, 9.17) is 10.8 Å². The third-order valence-corrected chi connectivity index (χ3v) is 0.879. The van der Waals surface area contributed by atoms with Gasteiger partial charge in [-0.2, -0.15) is 0 Å². The van der Waals surface area contributed by atoms with Crippen molar-refractivity contribution >= 4 is 13.6 Å². The molecule has 52 valence electrons. The normalized spacial score (nSPS) is 8.90. The first-order valence-electron chi connectivity index (χ1n) is 2.64. The highest BCUT2D eigenvalue weighted by molar-refractivity contribution is 6.17. The Bertz CT molecular complexity index is 202. The lowest BCUT2D eigenvalue weighted by atomic mass is 10.4. The maximum Gasteiger partial charge on any atom is 0.504 e. The van der Waals surface area contributed by atoms with Gasteiger partial charge in [0.1, 0.15) is 5.75 Å². The minimum atomic E-state index is -0.382. The molecule has 0 atom stereocenters. The zero-order valence-corrected chi connectivity index (χ0v) is 5.19. The van der Waals surface area contributed by atoms with Crippen LogP contribution in [-0.4, -0.2) is 22.7 Å². The van der Waals surface area contributed by atoms with Crippen molar-refractivity contribution in [1.29, 1.82) is 0 Å². The highest BCUT2D eigenvalue weighted by Crippen LogP contribution is 2.04. The number of nitrogen functional groups attached to an aromatic ring is 1. The van der Waals surface area contributed by atoms with E-state index in [0.29, 0.717) is 5.75 Å². The molecular weight excluding hydrogens is 133 g/mol. The third-order valence-electron chi connectivity index (χ3n) is 0.879. The largest absolute Gasteiger partial charge is 0.537 e. The van der Waals surface area contributed by atoms with Crippen LogP contribution in [0, 0.1) is 0 Å². The first-order chi connectivity index (χ1) is 4.83. The molecule has 1 heterocycles. The highest BCUT2D eigenvalue weighted by atomic mass is 16.5. The van der Waals surface area contributed by atoms with Gasteiger partial charge >= 0.3 is 7.69 Å². The van der Waals surface area contributed by atoms with Gasteiger partial charge in [0.15, 0.2) is 0 Å². The highest BCUT2D eigenvalue weighted by Gasteiger charge is 1.92. The Morgan fingerprint density at radius 3 is 2.60 bits per heavy atom. The lowest BCUT2D eigenvalue weighted by Gasteiger charge is -1.98. The van der Waals surface area contributed by atoms with Crippen LogP contribution in [0.2, 0.25) is 0 Å². The molecular formula is C4H6BN3O2. The number of hydrogen-bond donors (Lipinski definition) is 2. The summed E-state index contributed by atoms with van der Waals surface area (Å²) in [7, 11) is -0.382. The summed E-state index contributed by atoms with van der Waals surface area (Å²) in [4.78, 5) is 7.26. The van der Waals surface area contributed by atoms with E-state index in [-0.39, 0.29) is 13.6 Å². The van der Waals surface area contributed by atoms with Gasteiger partial charge in [0.2, 0.25) is 5.95 Å². The molecule has 0 unspecified atom stereocenters. The predicted octanol–water partition coefficient (Wildman–Crippen LogP) is -1.30. The van der Waals surface area contributed by atoms with Crippen LogP contribution in [0.15, 0.2) is 12.4 Å². The summed E-state index contributed by atoms with van der Waals surface area (Å²) in [6, 6.07) is 0. The molecule has 3 N–H and O–H groups in total. The summed E-state index contributed by atoms with van der Waals surface area (Å²) in [6.07, 6.45) is 2.77. The van der Waals surface area contributed by atoms with Crippen LogP contribution in [0.3, 0.4) is 0 Å². The minimum Gasteiger partial charge on any atom is -0.537 e. The monoisotopic (exact) mass is 139 g/mol. The second-order valence-electron chi connectivity index (χ2n) is 1.55. The molecule has 0 radical (unpaired) electrons. The smallest absolute Gasteiger partial charge is 0.504 e. The average molecular weight is 139 g/mol. The molecule has 6 heteroatoms. The standard InChI is InChI=1S/C4H6BN3O2/c6-4-7-1-3(2-8-4)10-5-9/h1-2,5,9H,(H2,6,7,8). The van der Waals surface area contributed by atoms with E-state index in [9.17, 15) is 0 Å². The van der Waals surface area contributed by atoms with Gasteiger partial charge in [-0.15, -0.1) is 0 Å². The number of nitrogens with two attached hydrogens (primary N) is 1. The van der Waals surface area contributed by atoms with Gasteiger partial charge in [-0.1, -0.05) is 0 Å². The molecule has 1 aromatic heterocycles. The van der Waals surface area contributed by atoms with Gasteiger partial charge in [-0.05, 0) is 0 Å². The van der Waals surface area contributed by atoms with Crippen molar-refractivity contribution in [2.24, 2.45) is 0 Å². The molecule has 5 nitrogen and oxygen atoms in total. The van der Waals surface area contributed by atoms with Gasteiger partial charge in [-0.25, -0.2) is 9.97 Å². The van der Waals surface area contributed by atoms with Crippen LogP contribution in [0.4, 0.5) is 5.95 Å². The molecule has 0 aliphatic carbocycles. The van der Waals surface area contributed by atoms with Gasteiger partial charge in [-0.3, -0.25) is 0 Å². The second kappa shape index (κ2) is 3.02. The molecule has 10 heavy (non-hydrogen) atoms. The van der Waals surface area contributed by atoms with Crippen LogP contribution in [0.25, 0.3) is 0 Å². The lowest BCUT2D eigenvalue weighted by Crippen LogP contribution is -2.01. The zero-order chi connectivity index (χ0) is 7.40. The van der Waals surface area contributed by atoms with E-state index in [2.05, 4.69) is 14.6 Å². The Morgan fingerprint density at radius 1 is 1.50 bits per heavy atom. The van der Waals surface area contributed by atoms with Crippen LogP contribution < -0.4 is 10.4 Å². The summed E-state index contributed by atoms with van der Waals surface area (Å²) in [6.45, 7) is 0. The van der Waals surface area contributed by atoms with Gasteiger partial charge in [0.05, 0.1) is 12.4 Å². The van der Waals surface area contributed by atoms with Crippen molar-refractivity contribution in [3.05, 3.63) is 12.4 Å². The maximum absolute atomic E-state index is 8.28. The minimum absolute atomic E-state index is 0.185. The summed E-state index contributed by atoms with van der Waals surface area (Å²) < 4.78 is 4.64. The fraction of sp³-hybridized carbons (Fsp3) is 0. The molecule has 1 aromatic rings. The molecule has 0 fully saturated rings. The molecule has 0 spiro atoms. The Kier molecular flexibility index (Phi) is 2.06. The van der Waals surface area contributed by atoms with Gasteiger partial charge in [0.25, 0.3) is 0 Å². The first-order valence-corrected chi connectivity index (χ1v) is 2.64. The fourth-order valence-electron chi connectivity index (χ4n) is 0.475. The summed E-state index contributed by atoms with van der Waals surface area (Å²) in [5.41, 5.74) is 5.18. The second-order valence-corrected chi connectivity index (χ2v) is 1.55. The number of aromatic nitrogens is 2.